The van der Waals surface area contributed by atoms with Gasteiger partial charge >= 0.3 is 18.1 Å². The molecule has 0 aromatic heterocycles. The highest BCUT2D eigenvalue weighted by molar-refractivity contribution is 5.92. The summed E-state index contributed by atoms with van der Waals surface area (Å²) in [4.78, 5) is 12.6. The molecule has 0 fully saturated rings. The first kappa shape index (κ1) is 15.5. The second-order valence-electron chi connectivity index (χ2n) is 4.73. The van der Waals surface area contributed by atoms with Crippen molar-refractivity contribution in [3.05, 3.63) is 29.3 Å². The smallest absolute Gasteiger partial charge is 0.382 e. The average Bonchev–Trinajstić information content (AvgIpc) is 2.37. The van der Waals surface area contributed by atoms with Crippen LogP contribution in [0, 0.1) is 0 Å². The van der Waals surface area contributed by atoms with Crippen LogP contribution in [0.4, 0.5) is 32.4 Å². The molecule has 0 saturated carbocycles. The fraction of sp³-hybridized carbons (Fsp3) is 0.417. The summed E-state index contributed by atoms with van der Waals surface area (Å²) in [6.07, 6.45) is -8.86. The van der Waals surface area contributed by atoms with Crippen molar-refractivity contribution in [2.45, 2.75) is 24.7 Å². The third-order valence-electron chi connectivity index (χ3n) is 3.16. The van der Waals surface area contributed by atoms with Gasteiger partial charge in [0.2, 0.25) is 0 Å². The second kappa shape index (κ2) is 4.83. The fourth-order valence-corrected chi connectivity index (χ4v) is 1.94. The monoisotopic (exact) mass is 310 g/mol. The Labute approximate surface area is 116 Å². The maximum absolute atomic E-state index is 13.1. The van der Waals surface area contributed by atoms with E-state index in [1.165, 1.54) is 18.0 Å². The number of hydrogen-bond acceptors (Lipinski definition) is 2. The minimum atomic E-state index is -5.85. The maximum Gasteiger partial charge on any atom is 0.456 e. The lowest BCUT2D eigenvalue weighted by Gasteiger charge is -2.28. The second-order valence-corrected chi connectivity index (χ2v) is 4.73. The third-order valence-corrected chi connectivity index (χ3v) is 3.16. The number of benzene rings is 1. The molecule has 0 radical (unpaired) electrons. The Morgan fingerprint density at radius 1 is 1.29 bits per heavy atom. The Bertz CT molecular complexity index is 573. The molecule has 0 saturated heterocycles. The lowest BCUT2D eigenvalue weighted by atomic mass is 9.99. The van der Waals surface area contributed by atoms with Gasteiger partial charge in [-0.05, 0) is 23.3 Å². The molecule has 1 unspecified atom stereocenters. The van der Waals surface area contributed by atoms with Gasteiger partial charge in [-0.25, -0.2) is 4.79 Å². The molecule has 21 heavy (non-hydrogen) atoms. The lowest BCUT2D eigenvalue weighted by molar-refractivity contribution is -0.315. The first-order valence-electron chi connectivity index (χ1n) is 5.81. The first-order valence-corrected chi connectivity index (χ1v) is 5.81. The van der Waals surface area contributed by atoms with Gasteiger partial charge in [0.15, 0.2) is 6.10 Å². The Kier molecular flexibility index (Phi) is 3.56. The minimum Gasteiger partial charge on any atom is -0.382 e. The van der Waals surface area contributed by atoms with Gasteiger partial charge in [-0.15, -0.1) is 0 Å². The van der Waals surface area contributed by atoms with Crippen LogP contribution in [0.15, 0.2) is 18.2 Å². The van der Waals surface area contributed by atoms with Crippen molar-refractivity contribution in [2.75, 3.05) is 12.4 Å². The molecule has 116 valence electrons. The van der Waals surface area contributed by atoms with Crippen LogP contribution in [0.5, 0.6) is 0 Å². The highest BCUT2D eigenvalue weighted by Gasteiger charge is 2.62. The number of anilines is 1. The van der Waals surface area contributed by atoms with Crippen LogP contribution < -0.4 is 5.32 Å². The SMILES string of the molecule is CN1Cc2cc(C(O)C(F)(F)C(F)(F)F)ccc2NC1=O. The van der Waals surface area contributed by atoms with Crippen LogP contribution in [0.3, 0.4) is 0 Å². The zero-order chi connectivity index (χ0) is 16.0. The number of urea groups is 1. The number of aliphatic hydroxyl groups excluding tert-OH is 1. The van der Waals surface area contributed by atoms with E-state index in [1.54, 1.807) is 0 Å². The molecule has 1 heterocycles. The lowest BCUT2D eigenvalue weighted by Crippen LogP contribution is -2.42. The summed E-state index contributed by atoms with van der Waals surface area (Å²) in [5, 5.41) is 11.8. The minimum absolute atomic E-state index is 0.0410. The summed E-state index contributed by atoms with van der Waals surface area (Å²) in [6, 6.07) is 2.71. The third kappa shape index (κ3) is 2.65. The number of halogens is 5. The van der Waals surface area contributed by atoms with Gasteiger partial charge in [0, 0.05) is 19.3 Å². The summed E-state index contributed by atoms with van der Waals surface area (Å²) in [5.74, 6) is -5.26. The zero-order valence-corrected chi connectivity index (χ0v) is 10.7. The van der Waals surface area contributed by atoms with E-state index >= 15 is 0 Å². The number of hydrogen-bond donors (Lipinski definition) is 2. The number of rotatable bonds is 2. The number of alkyl halides is 5. The first-order chi connectivity index (χ1) is 9.54. The van der Waals surface area contributed by atoms with E-state index in [0.717, 1.165) is 12.1 Å². The van der Waals surface area contributed by atoms with E-state index in [0.29, 0.717) is 11.3 Å². The molecule has 1 aliphatic heterocycles. The van der Waals surface area contributed by atoms with Crippen molar-refractivity contribution >= 4 is 11.7 Å². The Morgan fingerprint density at radius 3 is 2.48 bits per heavy atom. The van der Waals surface area contributed by atoms with Crippen molar-refractivity contribution in [1.29, 1.82) is 0 Å². The highest BCUT2D eigenvalue weighted by atomic mass is 19.4. The van der Waals surface area contributed by atoms with Crippen LogP contribution in [0.1, 0.15) is 17.2 Å². The van der Waals surface area contributed by atoms with Crippen LogP contribution >= 0.6 is 0 Å². The summed E-state index contributed by atoms with van der Waals surface area (Å²) >= 11 is 0. The maximum atomic E-state index is 13.1. The Hall–Kier alpha value is -1.90. The molecule has 1 aliphatic rings. The molecular formula is C12H11F5N2O2. The van der Waals surface area contributed by atoms with Crippen molar-refractivity contribution in [3.8, 4) is 0 Å². The molecule has 4 nitrogen and oxygen atoms in total. The van der Waals surface area contributed by atoms with Gasteiger partial charge in [-0.2, -0.15) is 22.0 Å². The van der Waals surface area contributed by atoms with Crippen LogP contribution in [0.2, 0.25) is 0 Å². The zero-order valence-electron chi connectivity index (χ0n) is 10.7. The number of carbonyl (C=O) groups is 1. The number of aliphatic hydroxyl groups is 1. The van der Waals surface area contributed by atoms with Gasteiger partial charge in [-0.1, -0.05) is 6.07 Å². The van der Waals surface area contributed by atoms with Crippen molar-refractivity contribution in [1.82, 2.24) is 4.90 Å². The summed E-state index contributed by atoms with van der Waals surface area (Å²) in [7, 11) is 1.44. The molecule has 2 rings (SSSR count). The quantitative estimate of drug-likeness (QED) is 0.825. The normalized spacial score (nSPS) is 17.3. The van der Waals surface area contributed by atoms with E-state index < -0.39 is 29.8 Å². The van der Waals surface area contributed by atoms with Crippen molar-refractivity contribution < 1.29 is 31.9 Å². The van der Waals surface area contributed by atoms with Gasteiger partial charge in [0.25, 0.3) is 0 Å². The van der Waals surface area contributed by atoms with Gasteiger partial charge in [0.05, 0.1) is 0 Å². The molecular weight excluding hydrogens is 299 g/mol. The summed E-state index contributed by atoms with van der Waals surface area (Å²) in [6.45, 7) is 0.0410. The van der Waals surface area contributed by atoms with Crippen LogP contribution in [-0.2, 0) is 6.54 Å². The molecule has 0 bridgehead atoms. The predicted octanol–water partition coefficient (Wildman–Crippen LogP) is 2.89. The molecule has 1 aromatic rings. The van der Waals surface area contributed by atoms with E-state index in [4.69, 9.17) is 0 Å². The molecule has 1 atom stereocenters. The van der Waals surface area contributed by atoms with E-state index in [1.807, 2.05) is 0 Å². The van der Waals surface area contributed by atoms with E-state index in [9.17, 15) is 31.9 Å². The standard InChI is InChI=1S/C12H11F5N2O2/c1-19-5-7-4-6(2-3-8(7)18-10(19)21)9(20)11(13,14)12(15,16)17/h2-4,9,20H,5H2,1H3,(H,18,21). The van der Waals surface area contributed by atoms with Gasteiger partial charge in [-0.3, -0.25) is 0 Å². The number of nitrogens with zero attached hydrogens (tertiary/aromatic N) is 1. The van der Waals surface area contributed by atoms with Crippen molar-refractivity contribution in [2.24, 2.45) is 0 Å². The number of carbonyl (C=O) groups excluding carboxylic acids is 1. The van der Waals surface area contributed by atoms with Gasteiger partial charge in [0.1, 0.15) is 0 Å². The number of fused-ring (bicyclic) bond motifs is 1. The van der Waals surface area contributed by atoms with E-state index in [2.05, 4.69) is 5.32 Å². The number of amides is 2. The van der Waals surface area contributed by atoms with Gasteiger partial charge < -0.3 is 15.3 Å². The molecule has 0 spiro atoms. The fourth-order valence-electron chi connectivity index (χ4n) is 1.94. The molecule has 0 aliphatic carbocycles. The van der Waals surface area contributed by atoms with Crippen molar-refractivity contribution in [3.63, 3.8) is 0 Å². The summed E-state index contributed by atoms with van der Waals surface area (Å²) < 4.78 is 63.0. The molecule has 9 heteroatoms. The van der Waals surface area contributed by atoms with Crippen LogP contribution in [0.25, 0.3) is 0 Å². The largest absolute Gasteiger partial charge is 0.456 e. The number of nitrogens with one attached hydrogen (secondary N) is 1. The van der Waals surface area contributed by atoms with Crippen LogP contribution in [-0.4, -0.2) is 35.2 Å². The molecule has 2 N–H and O–H groups in total. The molecule has 2 amide bonds. The summed E-state index contributed by atoms with van der Waals surface area (Å²) in [5.41, 5.74) is 0.0802. The molecule has 1 aromatic carbocycles. The predicted molar refractivity (Wildman–Crippen MR) is 62.9 cm³/mol. The highest BCUT2D eigenvalue weighted by Crippen LogP contribution is 2.45. The topological polar surface area (TPSA) is 52.6 Å². The Balaban J connectivity index is 2.35. The van der Waals surface area contributed by atoms with E-state index in [-0.39, 0.29) is 6.54 Å². The average molecular weight is 310 g/mol. The Morgan fingerprint density at radius 2 is 1.90 bits per heavy atom.